The summed E-state index contributed by atoms with van der Waals surface area (Å²) in [5.74, 6) is 0.0175. The van der Waals surface area contributed by atoms with Crippen LogP contribution in [0.15, 0.2) is 41.5 Å². The van der Waals surface area contributed by atoms with Crippen LogP contribution in [0.3, 0.4) is 0 Å². The maximum Gasteiger partial charge on any atom is 0.253 e. The number of para-hydroxylation sites is 1. The predicted molar refractivity (Wildman–Crippen MR) is 79.2 cm³/mol. The Labute approximate surface area is 116 Å². The Balaban J connectivity index is 1.80. The fourth-order valence-electron chi connectivity index (χ4n) is 2.75. The van der Waals surface area contributed by atoms with E-state index in [1.807, 2.05) is 47.4 Å². The molecule has 0 saturated heterocycles. The topological polar surface area (TPSA) is 46.4 Å². The Hall–Kier alpha value is -2.62. The highest BCUT2D eigenvalue weighted by atomic mass is 16.1. The summed E-state index contributed by atoms with van der Waals surface area (Å²) in [7, 11) is 0. The van der Waals surface area contributed by atoms with Gasteiger partial charge in [-0.2, -0.15) is 0 Å². The second-order valence-corrected chi connectivity index (χ2v) is 4.95. The van der Waals surface area contributed by atoms with E-state index in [0.717, 1.165) is 34.5 Å². The molecule has 4 nitrogen and oxygen atoms in total. The van der Waals surface area contributed by atoms with E-state index in [9.17, 15) is 4.79 Å². The molecule has 0 unspecified atom stereocenters. The van der Waals surface area contributed by atoms with Gasteiger partial charge in [-0.15, -0.1) is 0 Å². The monoisotopic (exact) mass is 263 g/mol. The fourth-order valence-corrected chi connectivity index (χ4v) is 2.75. The minimum atomic E-state index is 0.0175. The molecule has 0 atom stereocenters. The Morgan fingerprint density at radius 1 is 1.20 bits per heavy atom. The number of rotatable bonds is 1. The Bertz CT molecular complexity index is 768. The highest BCUT2D eigenvalue weighted by Gasteiger charge is 2.20. The number of amides is 1. The summed E-state index contributed by atoms with van der Waals surface area (Å²) in [5.41, 5.74) is 5.05. The second-order valence-electron chi connectivity index (χ2n) is 4.95. The Kier molecular flexibility index (Phi) is 2.36. The highest BCUT2D eigenvalue weighted by molar-refractivity contribution is 6.20. The SMILES string of the molecule is O=C1NCCc2c1ccn2C=C1C=Nc2ccccc21. The number of aromatic nitrogens is 1. The molecule has 3 heterocycles. The van der Waals surface area contributed by atoms with Gasteiger partial charge in [0.2, 0.25) is 0 Å². The molecule has 1 N–H and O–H groups in total. The standard InChI is InChI=1S/C16H13N3O/c20-16-13-6-8-19(15(13)5-7-17-16)10-11-9-18-14-4-2-1-3-12(11)14/h1-4,6,8-10H,5,7H2,(H,17,20). The Morgan fingerprint density at radius 2 is 2.10 bits per heavy atom. The van der Waals surface area contributed by atoms with Crippen LogP contribution in [0.2, 0.25) is 0 Å². The molecular weight excluding hydrogens is 250 g/mol. The number of allylic oxidation sites excluding steroid dienone is 1. The van der Waals surface area contributed by atoms with E-state index in [1.54, 1.807) is 0 Å². The molecule has 2 aliphatic rings. The first-order chi connectivity index (χ1) is 9.83. The lowest BCUT2D eigenvalue weighted by Gasteiger charge is -2.14. The normalized spacial score (nSPS) is 18.0. The summed E-state index contributed by atoms with van der Waals surface area (Å²) in [6, 6.07) is 9.95. The number of aliphatic imine (C=N–C) groups is 1. The number of fused-ring (bicyclic) bond motifs is 2. The van der Waals surface area contributed by atoms with Crippen molar-refractivity contribution in [2.24, 2.45) is 4.99 Å². The lowest BCUT2D eigenvalue weighted by atomic mass is 10.1. The first-order valence-electron chi connectivity index (χ1n) is 6.66. The number of hydrogen-bond donors (Lipinski definition) is 1. The molecule has 4 heteroatoms. The summed E-state index contributed by atoms with van der Waals surface area (Å²) in [6.07, 6.45) is 6.72. The van der Waals surface area contributed by atoms with Gasteiger partial charge in [-0.05, 0) is 12.1 Å². The van der Waals surface area contributed by atoms with Gasteiger partial charge in [0.15, 0.2) is 0 Å². The molecule has 0 bridgehead atoms. The number of carbonyl (C=O) groups is 1. The molecule has 0 spiro atoms. The van der Waals surface area contributed by atoms with Crippen molar-refractivity contribution in [2.45, 2.75) is 6.42 Å². The van der Waals surface area contributed by atoms with Crippen molar-refractivity contribution < 1.29 is 4.79 Å². The van der Waals surface area contributed by atoms with E-state index >= 15 is 0 Å². The summed E-state index contributed by atoms with van der Waals surface area (Å²) >= 11 is 0. The third kappa shape index (κ3) is 1.61. The van der Waals surface area contributed by atoms with Crippen molar-refractivity contribution in [1.82, 2.24) is 9.88 Å². The second kappa shape index (κ2) is 4.20. The van der Waals surface area contributed by atoms with E-state index < -0.39 is 0 Å². The maximum atomic E-state index is 11.8. The molecule has 4 rings (SSSR count). The largest absolute Gasteiger partial charge is 0.352 e. The maximum absolute atomic E-state index is 11.8. The van der Waals surface area contributed by atoms with Crippen LogP contribution in [0.25, 0.3) is 11.8 Å². The molecule has 1 amide bonds. The van der Waals surface area contributed by atoms with Crippen molar-refractivity contribution >= 4 is 29.6 Å². The molecule has 1 aromatic heterocycles. The average Bonchev–Trinajstić information content (AvgIpc) is 3.06. The quantitative estimate of drug-likeness (QED) is 0.844. The first kappa shape index (κ1) is 11.2. The zero-order valence-electron chi connectivity index (χ0n) is 10.8. The minimum absolute atomic E-state index is 0.0175. The average molecular weight is 263 g/mol. The zero-order valence-corrected chi connectivity index (χ0v) is 10.8. The molecule has 98 valence electrons. The zero-order chi connectivity index (χ0) is 13.5. The molecule has 20 heavy (non-hydrogen) atoms. The number of benzene rings is 1. The van der Waals surface area contributed by atoms with Gasteiger partial charge in [0.25, 0.3) is 5.91 Å². The van der Waals surface area contributed by atoms with Crippen molar-refractivity contribution in [1.29, 1.82) is 0 Å². The molecular formula is C16H13N3O. The molecule has 0 aliphatic carbocycles. The van der Waals surface area contributed by atoms with E-state index in [1.165, 1.54) is 0 Å². The number of carbonyl (C=O) groups excluding carboxylic acids is 1. The third-order valence-corrected chi connectivity index (χ3v) is 3.75. The van der Waals surface area contributed by atoms with Gasteiger partial charge in [-0.25, -0.2) is 0 Å². The van der Waals surface area contributed by atoms with E-state index in [2.05, 4.69) is 16.4 Å². The van der Waals surface area contributed by atoms with E-state index in [0.29, 0.717) is 6.54 Å². The van der Waals surface area contributed by atoms with Crippen LogP contribution in [-0.4, -0.2) is 23.2 Å². The van der Waals surface area contributed by atoms with Crippen molar-refractivity contribution in [3.63, 3.8) is 0 Å². The van der Waals surface area contributed by atoms with Crippen LogP contribution < -0.4 is 5.32 Å². The third-order valence-electron chi connectivity index (χ3n) is 3.75. The lowest BCUT2D eigenvalue weighted by molar-refractivity contribution is 0.0945. The molecule has 2 aliphatic heterocycles. The minimum Gasteiger partial charge on any atom is -0.352 e. The van der Waals surface area contributed by atoms with Gasteiger partial charge in [0.1, 0.15) is 0 Å². The highest BCUT2D eigenvalue weighted by Crippen LogP contribution is 2.31. The molecule has 1 aromatic carbocycles. The van der Waals surface area contributed by atoms with Crippen LogP contribution >= 0.6 is 0 Å². The lowest BCUT2D eigenvalue weighted by Crippen LogP contribution is -2.31. The van der Waals surface area contributed by atoms with E-state index in [4.69, 9.17) is 0 Å². The fraction of sp³-hybridized carbons (Fsp3) is 0.125. The summed E-state index contributed by atoms with van der Waals surface area (Å²) in [6.45, 7) is 0.698. The van der Waals surface area contributed by atoms with Gasteiger partial charge in [-0.3, -0.25) is 9.79 Å². The molecule has 0 saturated carbocycles. The summed E-state index contributed by atoms with van der Waals surface area (Å²) in [4.78, 5) is 16.2. The van der Waals surface area contributed by atoms with Crippen LogP contribution in [0, 0.1) is 0 Å². The van der Waals surface area contributed by atoms with Crippen LogP contribution in [-0.2, 0) is 6.42 Å². The number of nitrogens with one attached hydrogen (secondary N) is 1. The summed E-state index contributed by atoms with van der Waals surface area (Å²) < 4.78 is 2.04. The van der Waals surface area contributed by atoms with Crippen molar-refractivity contribution in [3.05, 3.63) is 53.3 Å². The van der Waals surface area contributed by atoms with Crippen molar-refractivity contribution in [3.8, 4) is 0 Å². The van der Waals surface area contributed by atoms with Gasteiger partial charge in [0, 0.05) is 48.4 Å². The van der Waals surface area contributed by atoms with E-state index in [-0.39, 0.29) is 5.91 Å². The van der Waals surface area contributed by atoms with Gasteiger partial charge in [-0.1, -0.05) is 18.2 Å². The van der Waals surface area contributed by atoms with Gasteiger partial charge < -0.3 is 9.88 Å². The Morgan fingerprint density at radius 3 is 3.05 bits per heavy atom. The van der Waals surface area contributed by atoms with Crippen LogP contribution in [0.4, 0.5) is 5.69 Å². The number of nitrogens with zero attached hydrogens (tertiary/aromatic N) is 2. The predicted octanol–water partition coefficient (Wildman–Crippen LogP) is 2.49. The van der Waals surface area contributed by atoms with Gasteiger partial charge in [0.05, 0.1) is 11.3 Å². The first-order valence-corrected chi connectivity index (χ1v) is 6.66. The molecule has 0 fully saturated rings. The molecule has 2 aromatic rings. The number of hydrogen-bond acceptors (Lipinski definition) is 2. The van der Waals surface area contributed by atoms with Crippen molar-refractivity contribution in [2.75, 3.05) is 6.54 Å². The van der Waals surface area contributed by atoms with Crippen LogP contribution in [0.1, 0.15) is 21.6 Å². The van der Waals surface area contributed by atoms with Crippen LogP contribution in [0.5, 0.6) is 0 Å². The smallest absolute Gasteiger partial charge is 0.253 e. The summed E-state index contributed by atoms with van der Waals surface area (Å²) in [5, 5.41) is 2.86. The van der Waals surface area contributed by atoms with Gasteiger partial charge >= 0.3 is 0 Å². The molecule has 0 radical (unpaired) electrons.